The van der Waals surface area contributed by atoms with E-state index < -0.39 is 0 Å². The number of aromatic hydroxyl groups is 3. The molecule has 3 heteroatoms. The van der Waals surface area contributed by atoms with Crippen LogP contribution < -0.4 is 0 Å². The lowest BCUT2D eigenvalue weighted by Crippen LogP contribution is -2.12. The summed E-state index contributed by atoms with van der Waals surface area (Å²) in [4.78, 5) is 0. The van der Waals surface area contributed by atoms with E-state index in [2.05, 4.69) is 64.1 Å². The van der Waals surface area contributed by atoms with Gasteiger partial charge in [-0.05, 0) is 139 Å². The van der Waals surface area contributed by atoms with Crippen molar-refractivity contribution in [3.63, 3.8) is 0 Å². The van der Waals surface area contributed by atoms with Gasteiger partial charge in [-0.1, -0.05) is 101 Å². The quantitative estimate of drug-likeness (QED) is 0.234. The molecule has 0 heterocycles. The molecule has 0 aromatic heterocycles. The lowest BCUT2D eigenvalue weighted by Gasteiger charge is -2.30. The zero-order valence-electron chi connectivity index (χ0n) is 29.0. The molecule has 3 aromatic rings. The van der Waals surface area contributed by atoms with Gasteiger partial charge in [0.15, 0.2) is 0 Å². The molecule has 0 saturated heterocycles. The topological polar surface area (TPSA) is 60.7 Å². The summed E-state index contributed by atoms with van der Waals surface area (Å²) in [6.45, 7) is 8.56. The molecule has 3 saturated carbocycles. The molecule has 3 nitrogen and oxygen atoms in total. The average molecular weight is 623 g/mol. The molecular weight excluding hydrogens is 564 g/mol. The van der Waals surface area contributed by atoms with E-state index in [-0.39, 0.29) is 11.8 Å². The summed E-state index contributed by atoms with van der Waals surface area (Å²) < 4.78 is 0. The third kappa shape index (κ3) is 6.99. The molecule has 0 radical (unpaired) electrons. The van der Waals surface area contributed by atoms with Crippen LogP contribution in [0.1, 0.15) is 189 Å². The molecule has 248 valence electrons. The second kappa shape index (κ2) is 14.4. The van der Waals surface area contributed by atoms with Crippen molar-refractivity contribution in [2.45, 2.75) is 160 Å². The molecule has 3 N–H and O–H groups in total. The Morgan fingerprint density at radius 3 is 1.13 bits per heavy atom. The first-order chi connectivity index (χ1) is 22.2. The highest BCUT2D eigenvalue weighted by molar-refractivity contribution is 5.52. The van der Waals surface area contributed by atoms with Crippen molar-refractivity contribution in [1.29, 1.82) is 0 Å². The predicted octanol–water partition coefficient (Wildman–Crippen LogP) is 12.2. The molecule has 3 aliphatic carbocycles. The van der Waals surface area contributed by atoms with Crippen LogP contribution >= 0.6 is 0 Å². The Kier molecular flexibility index (Phi) is 10.4. The van der Waals surface area contributed by atoms with Crippen LogP contribution in [-0.4, -0.2) is 15.3 Å². The minimum Gasteiger partial charge on any atom is -0.507 e. The first kappa shape index (κ1) is 33.0. The second-order valence-corrected chi connectivity index (χ2v) is 15.5. The molecule has 46 heavy (non-hydrogen) atoms. The molecule has 0 spiro atoms. The summed E-state index contributed by atoms with van der Waals surface area (Å²) in [6, 6.07) is 13.7. The Bertz CT molecular complexity index is 1430. The lowest BCUT2D eigenvalue weighted by molar-refractivity contribution is 0.411. The minimum atomic E-state index is 0.130. The zero-order chi connectivity index (χ0) is 32.4. The summed E-state index contributed by atoms with van der Waals surface area (Å²) in [5, 5.41) is 33.8. The van der Waals surface area contributed by atoms with Crippen molar-refractivity contribution in [2.75, 3.05) is 0 Å². The van der Waals surface area contributed by atoms with Crippen LogP contribution in [-0.2, 0) is 0 Å². The number of benzene rings is 3. The van der Waals surface area contributed by atoms with Gasteiger partial charge in [-0.15, -0.1) is 0 Å². The highest BCUT2D eigenvalue weighted by Crippen LogP contribution is 2.47. The molecule has 1 unspecified atom stereocenters. The van der Waals surface area contributed by atoms with Gasteiger partial charge < -0.3 is 15.3 Å². The summed E-state index contributed by atoms with van der Waals surface area (Å²) in [5.74, 6) is 3.15. The highest BCUT2D eigenvalue weighted by Gasteiger charge is 2.28. The van der Waals surface area contributed by atoms with Crippen LogP contribution in [0.25, 0.3) is 0 Å². The zero-order valence-corrected chi connectivity index (χ0v) is 29.0. The van der Waals surface area contributed by atoms with Crippen LogP contribution in [0.3, 0.4) is 0 Å². The van der Waals surface area contributed by atoms with Gasteiger partial charge in [0.1, 0.15) is 17.2 Å². The van der Waals surface area contributed by atoms with E-state index in [1.165, 1.54) is 87.3 Å². The van der Waals surface area contributed by atoms with Crippen molar-refractivity contribution in [3.8, 4) is 17.2 Å². The molecule has 3 fully saturated rings. The Morgan fingerprint density at radius 2 is 0.783 bits per heavy atom. The first-order valence-electron chi connectivity index (χ1n) is 18.7. The Hall–Kier alpha value is -2.94. The fourth-order valence-electron chi connectivity index (χ4n) is 9.32. The fraction of sp³-hybridized carbons (Fsp3) is 0.581. The van der Waals surface area contributed by atoms with Crippen LogP contribution in [0.15, 0.2) is 36.4 Å². The maximum atomic E-state index is 11.3. The monoisotopic (exact) mass is 622 g/mol. The predicted molar refractivity (Wildman–Crippen MR) is 191 cm³/mol. The number of phenolic OH excluding ortho intramolecular Hbond substituents is 3. The van der Waals surface area contributed by atoms with Gasteiger partial charge in [-0.3, -0.25) is 0 Å². The van der Waals surface area contributed by atoms with E-state index in [1.807, 2.05) is 0 Å². The molecule has 1 atom stereocenters. The SMILES string of the molecule is Cc1cc(C(C)CC(c2cc(C)c(O)c(C3CCCCC3)c2)c2cc(C)c(O)c(C3CCCCC3)c2)cc(C2CCCCC2)c1O. The Morgan fingerprint density at radius 1 is 0.478 bits per heavy atom. The normalized spacial score (nSPS) is 19.5. The summed E-state index contributed by atoms with van der Waals surface area (Å²) in [5.41, 5.74) is 10.2. The van der Waals surface area contributed by atoms with Crippen molar-refractivity contribution < 1.29 is 15.3 Å². The van der Waals surface area contributed by atoms with Crippen molar-refractivity contribution >= 4 is 0 Å². The molecule has 3 aliphatic rings. The number of phenols is 3. The lowest BCUT2D eigenvalue weighted by atomic mass is 9.75. The van der Waals surface area contributed by atoms with Crippen LogP contribution in [0.4, 0.5) is 0 Å². The van der Waals surface area contributed by atoms with E-state index >= 15 is 0 Å². The third-order valence-electron chi connectivity index (χ3n) is 12.2. The van der Waals surface area contributed by atoms with Gasteiger partial charge in [0.25, 0.3) is 0 Å². The van der Waals surface area contributed by atoms with Crippen molar-refractivity contribution in [2.24, 2.45) is 0 Å². The summed E-state index contributed by atoms with van der Waals surface area (Å²) in [7, 11) is 0. The van der Waals surface area contributed by atoms with Crippen LogP contribution in [0.2, 0.25) is 0 Å². The standard InChI is InChI=1S/C43H58O3/c1-27(34-20-28(2)41(44)38(24-34)31-14-8-5-9-15-31)23-37(35-21-29(3)42(45)39(25-35)32-16-10-6-11-17-32)36-22-30(4)43(46)40(26-36)33-18-12-7-13-19-33/h20-22,24-27,31-33,37,44-46H,5-19,23H2,1-4H3. The van der Waals surface area contributed by atoms with E-state index in [9.17, 15) is 15.3 Å². The number of rotatable bonds is 8. The van der Waals surface area contributed by atoms with Gasteiger partial charge in [0.05, 0.1) is 0 Å². The maximum absolute atomic E-state index is 11.3. The molecule has 0 bridgehead atoms. The minimum absolute atomic E-state index is 0.130. The molecule has 0 amide bonds. The average Bonchev–Trinajstić information content (AvgIpc) is 3.08. The van der Waals surface area contributed by atoms with Crippen LogP contribution in [0.5, 0.6) is 17.2 Å². The van der Waals surface area contributed by atoms with Gasteiger partial charge in [0, 0.05) is 5.92 Å². The second-order valence-electron chi connectivity index (χ2n) is 15.5. The summed E-state index contributed by atoms with van der Waals surface area (Å²) >= 11 is 0. The van der Waals surface area contributed by atoms with E-state index in [1.54, 1.807) is 0 Å². The fourth-order valence-corrected chi connectivity index (χ4v) is 9.32. The van der Waals surface area contributed by atoms with Crippen molar-refractivity contribution in [3.05, 3.63) is 86.5 Å². The van der Waals surface area contributed by atoms with Gasteiger partial charge >= 0.3 is 0 Å². The maximum Gasteiger partial charge on any atom is 0.121 e. The summed E-state index contributed by atoms with van der Waals surface area (Å²) in [6.07, 6.45) is 19.2. The number of hydrogen-bond acceptors (Lipinski definition) is 3. The largest absolute Gasteiger partial charge is 0.507 e. The molecule has 3 aromatic carbocycles. The Balaban J connectivity index is 1.43. The number of aryl methyl sites for hydroxylation is 3. The Labute approximate surface area is 278 Å². The molecular formula is C43H58O3. The van der Waals surface area contributed by atoms with E-state index in [0.29, 0.717) is 35.0 Å². The number of hydrogen-bond donors (Lipinski definition) is 3. The highest BCUT2D eigenvalue weighted by atomic mass is 16.3. The van der Waals surface area contributed by atoms with E-state index in [0.717, 1.165) is 65.5 Å². The van der Waals surface area contributed by atoms with Gasteiger partial charge in [-0.2, -0.15) is 0 Å². The van der Waals surface area contributed by atoms with Crippen molar-refractivity contribution in [1.82, 2.24) is 0 Å². The van der Waals surface area contributed by atoms with Crippen LogP contribution in [0, 0.1) is 20.8 Å². The van der Waals surface area contributed by atoms with Gasteiger partial charge in [0.2, 0.25) is 0 Å². The molecule has 6 rings (SSSR count). The van der Waals surface area contributed by atoms with Gasteiger partial charge in [-0.25, -0.2) is 0 Å². The van der Waals surface area contributed by atoms with E-state index in [4.69, 9.17) is 0 Å². The first-order valence-corrected chi connectivity index (χ1v) is 18.7. The molecule has 0 aliphatic heterocycles. The smallest absolute Gasteiger partial charge is 0.121 e. The third-order valence-corrected chi connectivity index (χ3v) is 12.2.